The Hall–Kier alpha value is -3.14. The quantitative estimate of drug-likeness (QED) is 0.782. The zero-order chi connectivity index (χ0) is 17.2. The van der Waals surface area contributed by atoms with Crippen LogP contribution in [0.1, 0.15) is 33.2 Å². The fourth-order valence-electron chi connectivity index (χ4n) is 3.24. The number of benzene rings is 2. The average Bonchev–Trinajstić information content (AvgIpc) is 2.91. The van der Waals surface area contributed by atoms with Crippen molar-refractivity contribution < 1.29 is 4.79 Å². The third-order valence-corrected chi connectivity index (χ3v) is 4.54. The lowest BCUT2D eigenvalue weighted by Gasteiger charge is -2.27. The zero-order valence-electron chi connectivity index (χ0n) is 14.0. The zero-order valence-corrected chi connectivity index (χ0v) is 14.0. The first kappa shape index (κ1) is 15.4. The maximum Gasteiger partial charge on any atom is 0.256 e. The lowest BCUT2D eigenvalue weighted by molar-refractivity contribution is 0.0728. The summed E-state index contributed by atoms with van der Waals surface area (Å²) in [6.07, 6.45) is 1.54. The van der Waals surface area contributed by atoms with Gasteiger partial charge in [0, 0.05) is 23.9 Å². The van der Waals surface area contributed by atoms with Crippen molar-refractivity contribution in [3.05, 3.63) is 95.2 Å². The Morgan fingerprint density at radius 2 is 1.76 bits per heavy atom. The number of aryl methyl sites for hydroxylation is 1. The number of anilines is 1. The molecule has 4 heteroatoms. The third-order valence-electron chi connectivity index (χ3n) is 4.54. The van der Waals surface area contributed by atoms with Crippen molar-refractivity contribution in [1.82, 2.24) is 9.88 Å². The number of hydrogen-bond donors (Lipinski definition) is 1. The molecule has 0 aliphatic carbocycles. The number of nitrogens with zero attached hydrogens (tertiary/aromatic N) is 2. The number of nitrogens with one attached hydrogen (secondary N) is 1. The molecule has 1 aliphatic rings. The average molecular weight is 329 g/mol. The molecular weight excluding hydrogens is 310 g/mol. The molecule has 25 heavy (non-hydrogen) atoms. The Morgan fingerprint density at radius 3 is 2.56 bits per heavy atom. The van der Waals surface area contributed by atoms with E-state index < -0.39 is 0 Å². The second kappa shape index (κ2) is 6.40. The van der Waals surface area contributed by atoms with E-state index in [0.29, 0.717) is 6.54 Å². The van der Waals surface area contributed by atoms with Gasteiger partial charge in [-0.2, -0.15) is 0 Å². The minimum absolute atomic E-state index is 0.0468. The van der Waals surface area contributed by atoms with Crippen LogP contribution in [0.4, 0.5) is 5.82 Å². The van der Waals surface area contributed by atoms with Crippen LogP contribution in [0.2, 0.25) is 0 Å². The van der Waals surface area contributed by atoms with Crippen molar-refractivity contribution in [2.45, 2.75) is 19.6 Å². The van der Waals surface area contributed by atoms with Gasteiger partial charge in [-0.1, -0.05) is 54.6 Å². The Labute approximate surface area is 147 Å². The van der Waals surface area contributed by atoms with E-state index in [2.05, 4.69) is 10.3 Å². The number of fused-ring (bicyclic) bond motifs is 1. The maximum absolute atomic E-state index is 13.0. The Kier molecular flexibility index (Phi) is 3.94. The van der Waals surface area contributed by atoms with Crippen LogP contribution in [0.25, 0.3) is 0 Å². The molecule has 0 spiro atoms. The highest BCUT2D eigenvalue weighted by Crippen LogP contribution is 2.35. The number of carbonyl (C=O) groups is 1. The lowest BCUT2D eigenvalue weighted by atomic mass is 10.1. The number of carbonyl (C=O) groups excluding carboxylic acids is 1. The first-order valence-corrected chi connectivity index (χ1v) is 8.36. The van der Waals surface area contributed by atoms with Crippen LogP contribution < -0.4 is 5.32 Å². The summed E-state index contributed by atoms with van der Waals surface area (Å²) in [6.45, 7) is 2.57. The van der Waals surface area contributed by atoms with Crippen LogP contribution in [0, 0.1) is 6.92 Å². The minimum atomic E-state index is -0.225. The molecule has 3 aromatic rings. The van der Waals surface area contributed by atoms with Gasteiger partial charge in [0.05, 0.1) is 0 Å². The molecule has 1 N–H and O–H groups in total. The van der Waals surface area contributed by atoms with E-state index in [1.165, 1.54) is 0 Å². The molecule has 1 atom stereocenters. The second-order valence-corrected chi connectivity index (χ2v) is 6.22. The first-order chi connectivity index (χ1) is 12.2. The molecule has 0 unspecified atom stereocenters. The molecular formula is C21H19N3O. The van der Waals surface area contributed by atoms with Crippen molar-refractivity contribution in [3.63, 3.8) is 0 Å². The van der Waals surface area contributed by atoms with Gasteiger partial charge in [0.25, 0.3) is 5.91 Å². The molecule has 1 aromatic heterocycles. The van der Waals surface area contributed by atoms with E-state index in [9.17, 15) is 4.79 Å². The summed E-state index contributed by atoms with van der Waals surface area (Å²) < 4.78 is 0. The van der Waals surface area contributed by atoms with Crippen molar-refractivity contribution in [1.29, 1.82) is 0 Å². The summed E-state index contributed by atoms with van der Waals surface area (Å²) in [5.41, 5.74) is 3.91. The van der Waals surface area contributed by atoms with E-state index in [1.807, 2.05) is 78.6 Å². The Bertz CT molecular complexity index is 908. The molecule has 1 aliphatic heterocycles. The normalized spacial score (nSPS) is 16.0. The topological polar surface area (TPSA) is 45.2 Å². The SMILES string of the molecule is Cc1cccnc1N[C@@H]1c2ccccc2C(=O)N1Cc1ccccc1. The van der Waals surface area contributed by atoms with Gasteiger partial charge in [0.15, 0.2) is 0 Å². The highest BCUT2D eigenvalue weighted by molar-refractivity contribution is 5.99. The highest BCUT2D eigenvalue weighted by Gasteiger charge is 2.36. The highest BCUT2D eigenvalue weighted by atomic mass is 16.2. The van der Waals surface area contributed by atoms with Gasteiger partial charge in [0.2, 0.25) is 0 Å². The molecule has 4 nitrogen and oxygen atoms in total. The van der Waals surface area contributed by atoms with Gasteiger partial charge in [-0.05, 0) is 30.2 Å². The van der Waals surface area contributed by atoms with Crippen LogP contribution in [0.3, 0.4) is 0 Å². The van der Waals surface area contributed by atoms with E-state index in [1.54, 1.807) is 6.20 Å². The van der Waals surface area contributed by atoms with Crippen LogP contribution in [-0.2, 0) is 6.54 Å². The van der Waals surface area contributed by atoms with Gasteiger partial charge in [-0.3, -0.25) is 4.79 Å². The number of aromatic nitrogens is 1. The van der Waals surface area contributed by atoms with Crippen molar-refractivity contribution in [3.8, 4) is 0 Å². The van der Waals surface area contributed by atoms with E-state index in [4.69, 9.17) is 0 Å². The number of rotatable bonds is 4. The largest absolute Gasteiger partial charge is 0.346 e. The molecule has 4 rings (SSSR count). The van der Waals surface area contributed by atoms with Crippen LogP contribution in [0.5, 0.6) is 0 Å². The van der Waals surface area contributed by atoms with Crippen LogP contribution in [-0.4, -0.2) is 15.8 Å². The predicted octanol–water partition coefficient (Wildman–Crippen LogP) is 4.16. The summed E-state index contributed by atoms with van der Waals surface area (Å²) in [7, 11) is 0. The molecule has 2 heterocycles. The molecule has 124 valence electrons. The molecule has 0 fully saturated rings. The lowest BCUT2D eigenvalue weighted by Crippen LogP contribution is -2.32. The van der Waals surface area contributed by atoms with Gasteiger partial charge >= 0.3 is 0 Å². The van der Waals surface area contributed by atoms with E-state index >= 15 is 0 Å². The van der Waals surface area contributed by atoms with E-state index in [0.717, 1.165) is 28.1 Å². The van der Waals surface area contributed by atoms with Crippen LogP contribution >= 0.6 is 0 Å². The van der Waals surface area contributed by atoms with E-state index in [-0.39, 0.29) is 12.1 Å². The third kappa shape index (κ3) is 2.87. The minimum Gasteiger partial charge on any atom is -0.346 e. The molecule has 2 aromatic carbocycles. The molecule has 1 amide bonds. The summed E-state index contributed by atoms with van der Waals surface area (Å²) in [5.74, 6) is 0.848. The van der Waals surface area contributed by atoms with Gasteiger partial charge < -0.3 is 10.2 Å². The summed E-state index contributed by atoms with van der Waals surface area (Å²) in [6, 6.07) is 21.8. The summed E-state index contributed by atoms with van der Waals surface area (Å²) in [4.78, 5) is 19.3. The Balaban J connectivity index is 1.71. The Morgan fingerprint density at radius 1 is 1.00 bits per heavy atom. The fourth-order valence-corrected chi connectivity index (χ4v) is 3.24. The molecule has 0 radical (unpaired) electrons. The summed E-state index contributed by atoms with van der Waals surface area (Å²) in [5, 5.41) is 3.46. The number of hydrogen-bond acceptors (Lipinski definition) is 3. The number of amides is 1. The van der Waals surface area contributed by atoms with Gasteiger partial charge in [-0.15, -0.1) is 0 Å². The fraction of sp³-hybridized carbons (Fsp3) is 0.143. The molecule has 0 saturated heterocycles. The standard InChI is InChI=1S/C21H19N3O/c1-15-8-7-13-22-19(15)23-20-17-11-5-6-12-18(17)21(25)24(20)14-16-9-3-2-4-10-16/h2-13,20H,14H2,1H3,(H,22,23)/t20-/m0/s1. The van der Waals surface area contributed by atoms with Gasteiger partial charge in [0.1, 0.15) is 12.0 Å². The van der Waals surface area contributed by atoms with Crippen molar-refractivity contribution in [2.24, 2.45) is 0 Å². The van der Waals surface area contributed by atoms with Crippen molar-refractivity contribution >= 4 is 11.7 Å². The molecule has 0 bridgehead atoms. The monoisotopic (exact) mass is 329 g/mol. The number of pyridine rings is 1. The van der Waals surface area contributed by atoms with Crippen molar-refractivity contribution in [2.75, 3.05) is 5.32 Å². The van der Waals surface area contributed by atoms with Gasteiger partial charge in [-0.25, -0.2) is 4.98 Å². The maximum atomic E-state index is 13.0. The predicted molar refractivity (Wildman–Crippen MR) is 98.1 cm³/mol. The molecule has 0 saturated carbocycles. The summed E-state index contributed by atoms with van der Waals surface area (Å²) >= 11 is 0. The smallest absolute Gasteiger partial charge is 0.256 e. The second-order valence-electron chi connectivity index (χ2n) is 6.22. The van der Waals surface area contributed by atoms with Crippen LogP contribution in [0.15, 0.2) is 72.9 Å². The first-order valence-electron chi connectivity index (χ1n) is 8.36.